The molecule has 1 aliphatic rings. The van der Waals surface area contributed by atoms with Crippen molar-refractivity contribution in [1.82, 2.24) is 5.32 Å². The van der Waals surface area contributed by atoms with Gasteiger partial charge in [0.15, 0.2) is 18.3 Å². The number of ether oxygens (including phenoxy) is 6. The highest BCUT2D eigenvalue weighted by atomic mass is 16.7. The largest absolute Gasteiger partial charge is 0.463 e. The molecule has 0 radical (unpaired) electrons. The normalized spacial score (nSPS) is 26.7. The number of hydrogen-bond donors (Lipinski definition) is 1. The van der Waals surface area contributed by atoms with E-state index in [0.717, 1.165) is 20.8 Å². The van der Waals surface area contributed by atoms with Crippen LogP contribution in [0.2, 0.25) is 0 Å². The molecule has 30 heavy (non-hydrogen) atoms. The van der Waals surface area contributed by atoms with Gasteiger partial charge in [0.1, 0.15) is 18.9 Å². The van der Waals surface area contributed by atoms with Crippen LogP contribution in [0.4, 0.5) is 0 Å². The second-order valence-corrected chi connectivity index (χ2v) is 6.55. The molecule has 1 aliphatic heterocycles. The Morgan fingerprint density at radius 3 is 1.77 bits per heavy atom. The molecule has 0 aromatic heterocycles. The Morgan fingerprint density at radius 2 is 1.30 bits per heavy atom. The molecule has 170 valence electrons. The molecule has 12 nitrogen and oxygen atoms in total. The lowest BCUT2D eigenvalue weighted by Gasteiger charge is -2.44. The van der Waals surface area contributed by atoms with Gasteiger partial charge in [-0.3, -0.25) is 24.0 Å². The quantitative estimate of drug-likeness (QED) is 0.301. The minimum absolute atomic E-state index is 0.369. The van der Waals surface area contributed by atoms with Crippen LogP contribution in [0.5, 0.6) is 0 Å². The van der Waals surface area contributed by atoms with Gasteiger partial charge in [-0.2, -0.15) is 0 Å². The molecule has 1 heterocycles. The van der Waals surface area contributed by atoms with Gasteiger partial charge in [0.25, 0.3) is 0 Å². The molecule has 0 bridgehead atoms. The van der Waals surface area contributed by atoms with Crippen LogP contribution < -0.4 is 5.32 Å². The van der Waals surface area contributed by atoms with Gasteiger partial charge in [0.05, 0.1) is 0 Å². The van der Waals surface area contributed by atoms with Gasteiger partial charge in [-0.05, 0) is 6.92 Å². The van der Waals surface area contributed by atoms with Crippen LogP contribution in [-0.4, -0.2) is 73.3 Å². The van der Waals surface area contributed by atoms with Crippen molar-refractivity contribution >= 4 is 29.8 Å². The maximum Gasteiger partial charge on any atom is 0.303 e. The van der Waals surface area contributed by atoms with Gasteiger partial charge < -0.3 is 33.7 Å². The zero-order valence-corrected chi connectivity index (χ0v) is 17.7. The lowest BCUT2D eigenvalue weighted by atomic mass is 9.98. The molecule has 1 amide bonds. The van der Waals surface area contributed by atoms with Crippen LogP contribution in [-0.2, 0) is 52.4 Å². The second-order valence-electron chi connectivity index (χ2n) is 6.55. The fraction of sp³-hybridized carbons (Fsp3) is 0.722. The fourth-order valence-corrected chi connectivity index (χ4v) is 2.82. The zero-order chi connectivity index (χ0) is 23.0. The molecule has 1 unspecified atom stereocenters. The van der Waals surface area contributed by atoms with Crippen molar-refractivity contribution in [3.05, 3.63) is 0 Å². The van der Waals surface area contributed by atoms with Gasteiger partial charge in [0.2, 0.25) is 12.2 Å². The van der Waals surface area contributed by atoms with Crippen molar-refractivity contribution in [2.75, 3.05) is 6.61 Å². The highest BCUT2D eigenvalue weighted by Crippen LogP contribution is 2.30. The van der Waals surface area contributed by atoms with Crippen LogP contribution in [0.15, 0.2) is 0 Å². The molecule has 0 aromatic rings. The van der Waals surface area contributed by atoms with E-state index in [1.165, 1.54) is 20.8 Å². The molecule has 1 saturated heterocycles. The lowest BCUT2D eigenvalue weighted by Crippen LogP contribution is -2.63. The first kappa shape index (κ1) is 25.3. The van der Waals surface area contributed by atoms with Crippen LogP contribution in [0.3, 0.4) is 0 Å². The van der Waals surface area contributed by atoms with Crippen LogP contribution in [0, 0.1) is 0 Å². The van der Waals surface area contributed by atoms with Crippen LogP contribution in [0.1, 0.15) is 41.5 Å². The summed E-state index contributed by atoms with van der Waals surface area (Å²) in [6.07, 6.45) is -7.31. The van der Waals surface area contributed by atoms with E-state index in [9.17, 15) is 24.0 Å². The lowest BCUT2D eigenvalue weighted by molar-refractivity contribution is -0.317. The highest BCUT2D eigenvalue weighted by Gasteiger charge is 2.53. The SMILES string of the molecule is CC(=O)NC(C)O[C@H]1O[C@H](COC(C)=O)[C@@H](OC(C)=O)[C@H](OC(C)=O)[C@H]1OC(C)=O. The van der Waals surface area contributed by atoms with E-state index in [1.807, 2.05) is 0 Å². The van der Waals surface area contributed by atoms with Crippen molar-refractivity contribution in [3.8, 4) is 0 Å². The Labute approximate surface area is 173 Å². The third kappa shape index (κ3) is 8.33. The average molecular weight is 433 g/mol. The molecule has 6 atom stereocenters. The monoisotopic (exact) mass is 433 g/mol. The molecule has 0 saturated carbocycles. The number of carbonyl (C=O) groups excluding carboxylic acids is 5. The summed E-state index contributed by atoms with van der Waals surface area (Å²) in [6, 6.07) is 0. The number of esters is 4. The van der Waals surface area contributed by atoms with Gasteiger partial charge in [0, 0.05) is 34.6 Å². The molecule has 0 aromatic carbocycles. The molecular weight excluding hydrogens is 406 g/mol. The number of carbonyl (C=O) groups is 5. The molecule has 0 aliphatic carbocycles. The van der Waals surface area contributed by atoms with E-state index in [0.29, 0.717) is 0 Å². The minimum Gasteiger partial charge on any atom is -0.463 e. The van der Waals surface area contributed by atoms with Gasteiger partial charge in [-0.25, -0.2) is 0 Å². The molecule has 1 rings (SSSR count). The maximum absolute atomic E-state index is 11.7. The number of hydrogen-bond acceptors (Lipinski definition) is 11. The summed E-state index contributed by atoms with van der Waals surface area (Å²) >= 11 is 0. The molecule has 1 N–H and O–H groups in total. The van der Waals surface area contributed by atoms with E-state index in [4.69, 9.17) is 28.4 Å². The van der Waals surface area contributed by atoms with Gasteiger partial charge in [-0.1, -0.05) is 0 Å². The summed E-state index contributed by atoms with van der Waals surface area (Å²) in [6.45, 7) is 6.92. The molecule has 0 spiro atoms. The topological polar surface area (TPSA) is 153 Å². The fourth-order valence-electron chi connectivity index (χ4n) is 2.82. The van der Waals surface area contributed by atoms with Crippen LogP contribution in [0.25, 0.3) is 0 Å². The maximum atomic E-state index is 11.7. The summed E-state index contributed by atoms with van der Waals surface area (Å²) in [5, 5.41) is 2.47. The van der Waals surface area contributed by atoms with E-state index < -0.39 is 66.7 Å². The van der Waals surface area contributed by atoms with Crippen molar-refractivity contribution in [2.45, 2.75) is 78.5 Å². The van der Waals surface area contributed by atoms with Crippen LogP contribution >= 0.6 is 0 Å². The van der Waals surface area contributed by atoms with E-state index in [1.54, 1.807) is 0 Å². The standard InChI is InChI=1S/C18H27NO11/c1-8(20)19-9(2)26-18-17(29-13(6)24)16(28-12(5)23)15(27-11(4)22)14(30-18)7-25-10(3)21/h9,14-18H,7H2,1-6H3,(H,19,20)/t9?,14-,15-,16+,17-,18+/m1/s1. The summed E-state index contributed by atoms with van der Waals surface area (Å²) in [7, 11) is 0. The second kappa shape index (κ2) is 11.5. The first-order valence-corrected chi connectivity index (χ1v) is 9.13. The summed E-state index contributed by atoms with van der Waals surface area (Å²) in [4.78, 5) is 57.5. The summed E-state index contributed by atoms with van der Waals surface area (Å²) in [5.74, 6) is -3.26. The van der Waals surface area contributed by atoms with Crippen molar-refractivity contribution in [1.29, 1.82) is 0 Å². The summed E-state index contributed by atoms with van der Waals surface area (Å²) in [5.41, 5.74) is 0. The predicted octanol–water partition coefficient (Wildman–Crippen LogP) is -0.432. The smallest absolute Gasteiger partial charge is 0.303 e. The Morgan fingerprint density at radius 1 is 0.800 bits per heavy atom. The number of nitrogens with one attached hydrogen (secondary N) is 1. The third-order valence-corrected chi connectivity index (χ3v) is 3.69. The Bertz CT molecular complexity index is 665. The summed E-state index contributed by atoms with van der Waals surface area (Å²) < 4.78 is 32.0. The van der Waals surface area contributed by atoms with E-state index in [2.05, 4.69) is 5.32 Å². The highest BCUT2D eigenvalue weighted by molar-refractivity contribution is 5.73. The molecule has 12 heteroatoms. The Balaban J connectivity index is 3.30. The molecule has 1 fully saturated rings. The van der Waals surface area contributed by atoms with Crippen molar-refractivity contribution in [2.24, 2.45) is 0 Å². The minimum atomic E-state index is -1.35. The van der Waals surface area contributed by atoms with Crippen molar-refractivity contribution in [3.63, 3.8) is 0 Å². The number of rotatable bonds is 8. The van der Waals surface area contributed by atoms with E-state index in [-0.39, 0.29) is 6.61 Å². The number of amides is 1. The average Bonchev–Trinajstić information content (AvgIpc) is 2.56. The Kier molecular flexibility index (Phi) is 9.66. The predicted molar refractivity (Wildman–Crippen MR) is 96.3 cm³/mol. The first-order chi connectivity index (χ1) is 13.9. The van der Waals surface area contributed by atoms with Crippen molar-refractivity contribution < 1.29 is 52.4 Å². The van der Waals surface area contributed by atoms with E-state index >= 15 is 0 Å². The van der Waals surface area contributed by atoms with Gasteiger partial charge in [-0.15, -0.1) is 0 Å². The van der Waals surface area contributed by atoms with Gasteiger partial charge >= 0.3 is 23.9 Å². The zero-order valence-electron chi connectivity index (χ0n) is 17.7. The first-order valence-electron chi connectivity index (χ1n) is 9.13. The third-order valence-electron chi connectivity index (χ3n) is 3.69. The molecular formula is C18H27NO11. The Hall–Kier alpha value is -2.73.